The lowest BCUT2D eigenvalue weighted by Gasteiger charge is -2.54. The zero-order valence-corrected chi connectivity index (χ0v) is 21.5. The highest BCUT2D eigenvalue weighted by Gasteiger charge is 2.60. The maximum absolute atomic E-state index is 12.3. The average molecular weight is 492 g/mol. The fraction of sp³-hybridized carbons (Fsp3) is 0.741. The minimum Gasteiger partial charge on any atom is -0.458 e. The van der Waals surface area contributed by atoms with Crippen molar-refractivity contribution in [2.24, 2.45) is 23.7 Å². The lowest BCUT2D eigenvalue weighted by Crippen LogP contribution is -2.58. The number of nitrogens with zero attached hydrogens (tertiary/aromatic N) is 1. The number of halogens is 1. The van der Waals surface area contributed by atoms with Crippen LogP contribution in [0.1, 0.15) is 83.9 Å². The van der Waals surface area contributed by atoms with E-state index in [1.807, 2.05) is 6.07 Å². The summed E-state index contributed by atoms with van der Waals surface area (Å²) in [4.78, 5) is 29.2. The number of unbranched alkanes of at least 4 members (excludes halogenated alkanes) is 1. The van der Waals surface area contributed by atoms with Gasteiger partial charge in [0.2, 0.25) is 0 Å². The summed E-state index contributed by atoms with van der Waals surface area (Å²) in [5, 5.41) is 11.2. The second kappa shape index (κ2) is 10.1. The Hall–Kier alpha value is -1.66. The van der Waals surface area contributed by atoms with Gasteiger partial charge in [-0.25, -0.2) is 4.98 Å². The minimum atomic E-state index is -0.554. The van der Waals surface area contributed by atoms with Crippen LogP contribution in [0.2, 0.25) is 5.15 Å². The van der Waals surface area contributed by atoms with Crippen molar-refractivity contribution in [1.82, 2.24) is 4.98 Å². The Kier molecular flexibility index (Phi) is 7.58. The van der Waals surface area contributed by atoms with Crippen molar-refractivity contribution in [3.63, 3.8) is 0 Å². The Morgan fingerprint density at radius 3 is 2.62 bits per heavy atom. The van der Waals surface area contributed by atoms with E-state index in [2.05, 4.69) is 19.9 Å². The quantitative estimate of drug-likeness (QED) is 0.426. The van der Waals surface area contributed by atoms with Gasteiger partial charge in [-0.2, -0.15) is 0 Å². The maximum Gasteiger partial charge on any atom is 0.303 e. The van der Waals surface area contributed by atoms with Crippen LogP contribution >= 0.6 is 11.6 Å². The van der Waals surface area contributed by atoms with Gasteiger partial charge >= 0.3 is 11.9 Å². The van der Waals surface area contributed by atoms with Crippen molar-refractivity contribution < 1.29 is 24.2 Å². The largest absolute Gasteiger partial charge is 0.458 e. The molecule has 0 aliphatic heterocycles. The van der Waals surface area contributed by atoms with Crippen molar-refractivity contribution >= 4 is 23.5 Å². The van der Waals surface area contributed by atoms with Crippen LogP contribution in [0.3, 0.4) is 0 Å². The summed E-state index contributed by atoms with van der Waals surface area (Å²) in [5.41, 5.74) is 2.11. The molecule has 4 rings (SSSR count). The molecule has 0 bridgehead atoms. The number of esters is 2. The molecule has 0 aromatic carbocycles. The molecular weight excluding hydrogens is 454 g/mol. The first-order chi connectivity index (χ1) is 16.1. The molecule has 0 radical (unpaired) electrons. The Morgan fingerprint density at radius 2 is 1.94 bits per heavy atom. The Morgan fingerprint density at radius 1 is 1.24 bits per heavy atom. The molecule has 1 aromatic rings. The van der Waals surface area contributed by atoms with E-state index >= 15 is 0 Å². The number of aliphatic hydroxyl groups is 1. The maximum atomic E-state index is 12.3. The van der Waals surface area contributed by atoms with Crippen molar-refractivity contribution in [3.05, 3.63) is 28.5 Å². The molecule has 0 unspecified atom stereocenters. The van der Waals surface area contributed by atoms with E-state index in [9.17, 15) is 14.7 Å². The van der Waals surface area contributed by atoms with Crippen LogP contribution in [-0.2, 0) is 30.9 Å². The Bertz CT molecular complexity index is 922. The van der Waals surface area contributed by atoms with Crippen LogP contribution in [0.4, 0.5) is 0 Å². The number of aliphatic hydroxyl groups excluding tert-OH is 1. The third-order valence-corrected chi connectivity index (χ3v) is 8.84. The van der Waals surface area contributed by atoms with Crippen LogP contribution in [0.15, 0.2) is 12.1 Å². The molecule has 3 aliphatic rings. The van der Waals surface area contributed by atoms with Gasteiger partial charge in [0.05, 0.1) is 11.8 Å². The SMILES string of the molecule is CCCC[C@H](O)C[C@H]1C[C@H]2CC[C@]3(C)c4nc(Cl)ccc4C[C@H]3[C@@H]2[C@@H](OC(C)=O)[C@@H]1OC(C)=O. The van der Waals surface area contributed by atoms with Crippen molar-refractivity contribution in [2.45, 2.75) is 103 Å². The van der Waals surface area contributed by atoms with Crippen LogP contribution in [0.25, 0.3) is 0 Å². The smallest absolute Gasteiger partial charge is 0.303 e. The molecule has 7 heteroatoms. The van der Waals surface area contributed by atoms with E-state index in [4.69, 9.17) is 26.1 Å². The first kappa shape index (κ1) is 25.4. The summed E-state index contributed by atoms with van der Waals surface area (Å²) in [6.45, 7) is 7.20. The van der Waals surface area contributed by atoms with Crippen molar-refractivity contribution in [1.29, 1.82) is 0 Å². The van der Waals surface area contributed by atoms with Gasteiger partial charge in [0, 0.05) is 31.1 Å². The summed E-state index contributed by atoms with van der Waals surface area (Å²) in [6.07, 6.45) is 5.42. The van der Waals surface area contributed by atoms with E-state index in [1.54, 1.807) is 0 Å². The Balaban J connectivity index is 1.68. The predicted molar refractivity (Wildman–Crippen MR) is 129 cm³/mol. The molecule has 0 saturated heterocycles. The van der Waals surface area contributed by atoms with Crippen LogP contribution in [0, 0.1) is 23.7 Å². The van der Waals surface area contributed by atoms with Crippen molar-refractivity contribution in [3.8, 4) is 0 Å². The summed E-state index contributed by atoms with van der Waals surface area (Å²) in [5.74, 6) is -0.165. The fourth-order valence-corrected chi connectivity index (χ4v) is 7.39. The van der Waals surface area contributed by atoms with Crippen LogP contribution < -0.4 is 0 Å². The molecule has 1 heterocycles. The third kappa shape index (κ3) is 4.86. The molecular formula is C27H38ClNO5. The lowest BCUT2D eigenvalue weighted by atomic mass is 9.53. The first-order valence-corrected chi connectivity index (χ1v) is 13.2. The number of carbonyl (C=O) groups excluding carboxylic acids is 2. The highest BCUT2D eigenvalue weighted by molar-refractivity contribution is 6.29. The molecule has 188 valence electrons. The number of hydrogen-bond donors (Lipinski definition) is 1. The molecule has 1 N–H and O–H groups in total. The number of rotatable bonds is 7. The zero-order valence-electron chi connectivity index (χ0n) is 20.8. The zero-order chi connectivity index (χ0) is 24.6. The highest BCUT2D eigenvalue weighted by atomic mass is 35.5. The summed E-state index contributed by atoms with van der Waals surface area (Å²) >= 11 is 6.27. The van der Waals surface area contributed by atoms with E-state index < -0.39 is 18.3 Å². The average Bonchev–Trinajstić information content (AvgIpc) is 3.06. The number of ether oxygens (including phenoxy) is 2. The summed E-state index contributed by atoms with van der Waals surface area (Å²) < 4.78 is 11.9. The highest BCUT2D eigenvalue weighted by Crippen LogP contribution is 2.59. The molecule has 3 aliphatic carbocycles. The van der Waals surface area contributed by atoms with Crippen LogP contribution in [0.5, 0.6) is 0 Å². The number of pyridine rings is 1. The normalized spacial score (nSPS) is 35.0. The molecule has 34 heavy (non-hydrogen) atoms. The van der Waals surface area contributed by atoms with Crippen LogP contribution in [-0.4, -0.2) is 40.3 Å². The fourth-order valence-electron chi connectivity index (χ4n) is 7.24. The predicted octanol–water partition coefficient (Wildman–Crippen LogP) is 5.02. The van der Waals surface area contributed by atoms with Crippen molar-refractivity contribution in [2.75, 3.05) is 0 Å². The number of hydrogen-bond acceptors (Lipinski definition) is 6. The van der Waals surface area contributed by atoms with Gasteiger partial charge in [-0.3, -0.25) is 9.59 Å². The van der Waals surface area contributed by atoms with Gasteiger partial charge in [0.1, 0.15) is 17.4 Å². The summed E-state index contributed by atoms with van der Waals surface area (Å²) in [6, 6.07) is 3.92. The second-order valence-electron chi connectivity index (χ2n) is 10.9. The van der Waals surface area contributed by atoms with Gasteiger partial charge in [-0.05, 0) is 62.0 Å². The van der Waals surface area contributed by atoms with Gasteiger partial charge in [0.25, 0.3) is 0 Å². The van der Waals surface area contributed by atoms with Gasteiger partial charge in [-0.1, -0.05) is 44.4 Å². The summed E-state index contributed by atoms with van der Waals surface area (Å²) in [7, 11) is 0. The van der Waals surface area contributed by atoms with Gasteiger partial charge in [-0.15, -0.1) is 0 Å². The minimum absolute atomic E-state index is 0.0398. The lowest BCUT2D eigenvalue weighted by molar-refractivity contribution is -0.198. The van der Waals surface area contributed by atoms with E-state index in [0.717, 1.165) is 50.6 Å². The monoisotopic (exact) mass is 491 g/mol. The Labute approximate surface area is 207 Å². The molecule has 1 aromatic heterocycles. The topological polar surface area (TPSA) is 85.7 Å². The van der Waals surface area contributed by atoms with Gasteiger partial charge in [0.15, 0.2) is 0 Å². The molecule has 8 atom stereocenters. The number of fused-ring (bicyclic) bond motifs is 5. The number of carbonyl (C=O) groups is 2. The molecule has 6 nitrogen and oxygen atoms in total. The standard InChI is InChI=1S/C27H38ClNO5/c1-5-6-7-20(32)13-19-12-17-10-11-27(4)21(14-18-8-9-22(28)29-26(18)27)23(17)25(34-16(3)31)24(19)33-15(2)30/h8-9,17,19-21,23-25,32H,5-7,10-14H2,1-4H3/t17-,19-,20+,21+,23-,24-,25-,27+/m1/s1. The molecule has 0 amide bonds. The van der Waals surface area contributed by atoms with E-state index in [0.29, 0.717) is 17.5 Å². The third-order valence-electron chi connectivity index (χ3n) is 8.63. The molecule has 0 spiro atoms. The van der Waals surface area contributed by atoms with E-state index in [1.165, 1.54) is 19.4 Å². The molecule has 2 fully saturated rings. The molecule has 2 saturated carbocycles. The van der Waals surface area contributed by atoms with E-state index in [-0.39, 0.29) is 35.1 Å². The first-order valence-electron chi connectivity index (χ1n) is 12.8. The second-order valence-corrected chi connectivity index (χ2v) is 11.3. The van der Waals surface area contributed by atoms with Gasteiger partial charge < -0.3 is 14.6 Å². The number of aromatic nitrogens is 1.